The van der Waals surface area contributed by atoms with Crippen molar-refractivity contribution in [3.63, 3.8) is 0 Å². The number of rotatable bonds is 6. The third-order valence-electron chi connectivity index (χ3n) is 3.62. The molecule has 102 valence electrons. The van der Waals surface area contributed by atoms with Crippen LogP contribution in [0.1, 0.15) is 37.7 Å². The van der Waals surface area contributed by atoms with Gasteiger partial charge in [0.05, 0.1) is 6.42 Å². The Morgan fingerprint density at radius 3 is 2.63 bits per heavy atom. The van der Waals surface area contributed by atoms with E-state index in [2.05, 4.69) is 5.32 Å². The number of hydrogen-bond donors (Lipinski definition) is 2. The highest BCUT2D eigenvalue weighted by atomic mass is 16.4. The summed E-state index contributed by atoms with van der Waals surface area (Å²) < 4.78 is 0. The average molecular weight is 261 g/mol. The predicted molar refractivity (Wildman–Crippen MR) is 71.8 cm³/mol. The van der Waals surface area contributed by atoms with Crippen LogP contribution in [0.4, 0.5) is 0 Å². The Labute approximate surface area is 112 Å². The molecule has 2 N–H and O–H groups in total. The lowest BCUT2D eigenvalue weighted by molar-refractivity contribution is -0.137. The van der Waals surface area contributed by atoms with Crippen molar-refractivity contribution in [1.29, 1.82) is 0 Å². The van der Waals surface area contributed by atoms with Gasteiger partial charge in [0.2, 0.25) is 5.91 Å². The van der Waals surface area contributed by atoms with Crippen molar-refractivity contribution >= 4 is 11.9 Å². The number of nitrogens with one attached hydrogen (secondary N) is 1. The van der Waals surface area contributed by atoms with Crippen molar-refractivity contribution in [3.8, 4) is 0 Å². The molecule has 0 heterocycles. The zero-order chi connectivity index (χ0) is 13.8. The first-order valence-corrected chi connectivity index (χ1v) is 6.69. The van der Waals surface area contributed by atoms with Crippen LogP contribution >= 0.6 is 0 Å². The predicted octanol–water partition coefficient (Wildman–Crippen LogP) is 2.16. The first-order valence-electron chi connectivity index (χ1n) is 6.69. The SMILES string of the molecule is CCC(CC(=O)O)NC(=O)C1CC1c1ccccc1. The number of carbonyl (C=O) groups excluding carboxylic acids is 1. The molecule has 0 saturated heterocycles. The van der Waals surface area contributed by atoms with Gasteiger partial charge in [-0.2, -0.15) is 0 Å². The fourth-order valence-corrected chi connectivity index (χ4v) is 2.37. The molecule has 0 spiro atoms. The molecule has 1 fully saturated rings. The molecule has 1 amide bonds. The number of amides is 1. The number of carboxylic acids is 1. The van der Waals surface area contributed by atoms with Gasteiger partial charge in [0.25, 0.3) is 0 Å². The number of hydrogen-bond acceptors (Lipinski definition) is 2. The van der Waals surface area contributed by atoms with Crippen LogP contribution in [0, 0.1) is 5.92 Å². The number of benzene rings is 1. The molecule has 3 unspecified atom stereocenters. The second kappa shape index (κ2) is 5.87. The number of aliphatic carboxylic acids is 1. The summed E-state index contributed by atoms with van der Waals surface area (Å²) in [6, 6.07) is 9.71. The van der Waals surface area contributed by atoms with Gasteiger partial charge in [0.15, 0.2) is 0 Å². The minimum atomic E-state index is -0.873. The molecule has 0 bridgehead atoms. The largest absolute Gasteiger partial charge is 0.481 e. The van der Waals surface area contributed by atoms with Crippen LogP contribution in [0.5, 0.6) is 0 Å². The fourth-order valence-electron chi connectivity index (χ4n) is 2.37. The van der Waals surface area contributed by atoms with Gasteiger partial charge < -0.3 is 10.4 Å². The van der Waals surface area contributed by atoms with Crippen molar-refractivity contribution in [2.24, 2.45) is 5.92 Å². The Morgan fingerprint density at radius 2 is 2.05 bits per heavy atom. The van der Waals surface area contributed by atoms with E-state index in [1.54, 1.807) is 0 Å². The van der Waals surface area contributed by atoms with Crippen LogP contribution in [0.25, 0.3) is 0 Å². The zero-order valence-electron chi connectivity index (χ0n) is 11.0. The van der Waals surface area contributed by atoms with E-state index in [9.17, 15) is 9.59 Å². The second-order valence-corrected chi connectivity index (χ2v) is 5.07. The maximum atomic E-state index is 12.0. The summed E-state index contributed by atoms with van der Waals surface area (Å²) in [7, 11) is 0. The molecule has 1 aliphatic carbocycles. The van der Waals surface area contributed by atoms with Gasteiger partial charge >= 0.3 is 5.97 Å². The van der Waals surface area contributed by atoms with E-state index < -0.39 is 5.97 Å². The van der Waals surface area contributed by atoms with Crippen LogP contribution in [0.2, 0.25) is 0 Å². The monoisotopic (exact) mass is 261 g/mol. The molecule has 3 atom stereocenters. The van der Waals surface area contributed by atoms with E-state index in [4.69, 9.17) is 5.11 Å². The van der Waals surface area contributed by atoms with Crippen molar-refractivity contribution < 1.29 is 14.7 Å². The summed E-state index contributed by atoms with van der Waals surface area (Å²) in [6.07, 6.45) is 1.49. The second-order valence-electron chi connectivity index (χ2n) is 5.07. The summed E-state index contributed by atoms with van der Waals surface area (Å²) >= 11 is 0. The van der Waals surface area contributed by atoms with Crippen molar-refractivity contribution in [1.82, 2.24) is 5.32 Å². The highest BCUT2D eigenvalue weighted by Crippen LogP contribution is 2.47. The third-order valence-corrected chi connectivity index (χ3v) is 3.62. The van der Waals surface area contributed by atoms with E-state index in [0.29, 0.717) is 12.3 Å². The minimum Gasteiger partial charge on any atom is -0.481 e. The minimum absolute atomic E-state index is 0.00486. The summed E-state index contributed by atoms with van der Waals surface area (Å²) in [5, 5.41) is 11.6. The van der Waals surface area contributed by atoms with Crippen LogP contribution < -0.4 is 5.32 Å². The number of carboxylic acid groups (broad SMARTS) is 1. The van der Waals surface area contributed by atoms with Gasteiger partial charge in [0, 0.05) is 12.0 Å². The van der Waals surface area contributed by atoms with Crippen molar-refractivity contribution in [2.45, 2.75) is 38.1 Å². The van der Waals surface area contributed by atoms with Crippen LogP contribution in [0.3, 0.4) is 0 Å². The lowest BCUT2D eigenvalue weighted by atomic mass is 10.1. The zero-order valence-corrected chi connectivity index (χ0v) is 11.0. The average Bonchev–Trinajstić information content (AvgIpc) is 3.18. The Bertz CT molecular complexity index is 458. The maximum Gasteiger partial charge on any atom is 0.305 e. The normalized spacial score (nSPS) is 22.6. The van der Waals surface area contributed by atoms with Crippen LogP contribution in [0.15, 0.2) is 30.3 Å². The summed E-state index contributed by atoms with van der Waals surface area (Å²) in [5.74, 6) is -0.585. The Balaban J connectivity index is 1.87. The molecular formula is C15H19NO3. The molecule has 0 radical (unpaired) electrons. The van der Waals surface area contributed by atoms with E-state index >= 15 is 0 Å². The quantitative estimate of drug-likeness (QED) is 0.824. The van der Waals surface area contributed by atoms with Crippen molar-refractivity contribution in [3.05, 3.63) is 35.9 Å². The van der Waals surface area contributed by atoms with Gasteiger partial charge in [-0.3, -0.25) is 9.59 Å². The molecule has 19 heavy (non-hydrogen) atoms. The Kier molecular flexibility index (Phi) is 4.20. The highest BCUT2D eigenvalue weighted by molar-refractivity contribution is 5.83. The topological polar surface area (TPSA) is 66.4 Å². The summed E-state index contributed by atoms with van der Waals surface area (Å²) in [4.78, 5) is 22.7. The highest BCUT2D eigenvalue weighted by Gasteiger charge is 2.44. The lowest BCUT2D eigenvalue weighted by Gasteiger charge is -2.14. The lowest BCUT2D eigenvalue weighted by Crippen LogP contribution is -2.37. The van der Waals surface area contributed by atoms with E-state index in [1.807, 2.05) is 37.3 Å². The standard InChI is InChI=1S/C15H19NO3/c1-2-11(8-14(17)18)16-15(19)13-9-12(13)10-6-4-3-5-7-10/h3-7,11-13H,2,8-9H2,1H3,(H,16,19)(H,17,18). The van der Waals surface area contributed by atoms with Gasteiger partial charge in [-0.25, -0.2) is 0 Å². The molecule has 1 aliphatic rings. The first kappa shape index (κ1) is 13.6. The Hall–Kier alpha value is -1.84. The molecule has 2 rings (SSSR count). The van der Waals surface area contributed by atoms with Crippen molar-refractivity contribution in [2.75, 3.05) is 0 Å². The van der Waals surface area contributed by atoms with E-state index in [1.165, 1.54) is 5.56 Å². The van der Waals surface area contributed by atoms with Gasteiger partial charge in [-0.1, -0.05) is 37.3 Å². The summed E-state index contributed by atoms with van der Waals surface area (Å²) in [5.41, 5.74) is 1.19. The Morgan fingerprint density at radius 1 is 1.37 bits per heavy atom. The van der Waals surface area contributed by atoms with Gasteiger partial charge in [-0.15, -0.1) is 0 Å². The third kappa shape index (κ3) is 3.56. The molecule has 0 aromatic heterocycles. The van der Waals surface area contributed by atoms with E-state index in [0.717, 1.165) is 6.42 Å². The van der Waals surface area contributed by atoms with Gasteiger partial charge in [0.1, 0.15) is 0 Å². The fraction of sp³-hybridized carbons (Fsp3) is 0.467. The molecule has 0 aliphatic heterocycles. The van der Waals surface area contributed by atoms with Gasteiger partial charge in [-0.05, 0) is 24.3 Å². The molecule has 1 aromatic rings. The van der Waals surface area contributed by atoms with E-state index in [-0.39, 0.29) is 24.3 Å². The maximum absolute atomic E-state index is 12.0. The van der Waals surface area contributed by atoms with Crippen LogP contribution in [-0.4, -0.2) is 23.0 Å². The van der Waals surface area contributed by atoms with Crippen LogP contribution in [-0.2, 0) is 9.59 Å². The number of carbonyl (C=O) groups is 2. The first-order chi connectivity index (χ1) is 9.11. The molecule has 4 nitrogen and oxygen atoms in total. The smallest absolute Gasteiger partial charge is 0.305 e. The molecule has 4 heteroatoms. The molecule has 1 aromatic carbocycles. The molecule has 1 saturated carbocycles. The molecular weight excluding hydrogens is 242 g/mol. The summed E-state index contributed by atoms with van der Waals surface area (Å²) in [6.45, 7) is 1.88.